The molecule has 0 amide bonds. The first-order valence-corrected chi connectivity index (χ1v) is 7.62. The average Bonchev–Trinajstić information content (AvgIpc) is 3.21. The molecule has 0 aliphatic carbocycles. The molecule has 1 N–H and O–H groups in total. The van der Waals surface area contributed by atoms with Crippen LogP contribution in [0, 0.1) is 11.3 Å². The molecule has 2 aromatic heterocycles. The third kappa shape index (κ3) is 2.33. The minimum Gasteiger partial charge on any atom is -0.368 e. The van der Waals surface area contributed by atoms with E-state index in [1.165, 1.54) is 0 Å². The summed E-state index contributed by atoms with van der Waals surface area (Å²) in [6.45, 7) is 1.13. The summed E-state index contributed by atoms with van der Waals surface area (Å²) in [6.07, 6.45) is 3.44. The molecule has 114 valence electrons. The van der Waals surface area contributed by atoms with Crippen molar-refractivity contribution in [3.05, 3.63) is 48.3 Å². The van der Waals surface area contributed by atoms with Crippen molar-refractivity contribution in [1.82, 2.24) is 9.97 Å². The van der Waals surface area contributed by atoms with E-state index < -0.39 is 6.17 Å². The van der Waals surface area contributed by atoms with Gasteiger partial charge in [0.05, 0.1) is 17.3 Å². The van der Waals surface area contributed by atoms with Crippen LogP contribution in [0.3, 0.4) is 0 Å². The zero-order valence-electron chi connectivity index (χ0n) is 12.5. The third-order valence-corrected chi connectivity index (χ3v) is 4.33. The zero-order chi connectivity index (χ0) is 15.8. The van der Waals surface area contributed by atoms with Crippen LogP contribution in [0.1, 0.15) is 12.0 Å². The molecule has 0 unspecified atom stereocenters. The van der Waals surface area contributed by atoms with Crippen molar-refractivity contribution in [1.29, 1.82) is 5.26 Å². The van der Waals surface area contributed by atoms with Crippen molar-refractivity contribution in [3.63, 3.8) is 0 Å². The highest BCUT2D eigenvalue weighted by Crippen LogP contribution is 2.36. The number of halogens is 1. The quantitative estimate of drug-likeness (QED) is 0.786. The van der Waals surface area contributed by atoms with Gasteiger partial charge in [-0.2, -0.15) is 5.26 Å². The maximum atomic E-state index is 13.6. The summed E-state index contributed by atoms with van der Waals surface area (Å²) >= 11 is 0. The number of aromatic amines is 1. The Hall–Kier alpha value is -2.87. The molecule has 1 aliphatic heterocycles. The smallest absolute Gasteiger partial charge is 0.139 e. The molecule has 4 nitrogen and oxygen atoms in total. The highest BCUT2D eigenvalue weighted by Gasteiger charge is 2.24. The lowest BCUT2D eigenvalue weighted by Gasteiger charge is -2.19. The zero-order valence-corrected chi connectivity index (χ0v) is 12.5. The Morgan fingerprint density at radius 1 is 1.35 bits per heavy atom. The van der Waals surface area contributed by atoms with Crippen LogP contribution in [-0.4, -0.2) is 29.2 Å². The second-order valence-corrected chi connectivity index (χ2v) is 5.78. The van der Waals surface area contributed by atoms with Gasteiger partial charge in [-0.25, -0.2) is 9.37 Å². The van der Waals surface area contributed by atoms with E-state index in [4.69, 9.17) is 5.26 Å². The molecule has 3 heterocycles. The second-order valence-electron chi connectivity index (χ2n) is 5.78. The summed E-state index contributed by atoms with van der Waals surface area (Å²) in [7, 11) is 0. The number of pyridine rings is 1. The number of hydrogen-bond donors (Lipinski definition) is 1. The first-order valence-electron chi connectivity index (χ1n) is 7.62. The molecule has 0 bridgehead atoms. The SMILES string of the molecule is N#Cc1cccc(-c2c[nH]c3nccc(N4CC[C@H](F)C4)c23)c1. The van der Waals surface area contributed by atoms with E-state index in [0.29, 0.717) is 25.1 Å². The number of alkyl halides is 1. The molecule has 1 atom stereocenters. The second kappa shape index (κ2) is 5.40. The van der Waals surface area contributed by atoms with E-state index in [1.54, 1.807) is 12.3 Å². The van der Waals surface area contributed by atoms with Crippen molar-refractivity contribution < 1.29 is 4.39 Å². The lowest BCUT2D eigenvalue weighted by molar-refractivity contribution is 0.364. The summed E-state index contributed by atoms with van der Waals surface area (Å²) in [6, 6.07) is 11.6. The molecule has 5 heteroatoms. The Bertz CT molecular complexity index is 909. The van der Waals surface area contributed by atoms with Crippen molar-refractivity contribution >= 4 is 16.7 Å². The van der Waals surface area contributed by atoms with Crippen LogP contribution in [0.25, 0.3) is 22.2 Å². The molecule has 23 heavy (non-hydrogen) atoms. The summed E-state index contributed by atoms with van der Waals surface area (Å²) in [5.74, 6) is 0. The van der Waals surface area contributed by atoms with E-state index in [2.05, 4.69) is 20.9 Å². The number of H-pyrrole nitrogens is 1. The van der Waals surface area contributed by atoms with Gasteiger partial charge < -0.3 is 9.88 Å². The van der Waals surface area contributed by atoms with E-state index in [9.17, 15) is 4.39 Å². The fourth-order valence-corrected chi connectivity index (χ4v) is 3.22. The van der Waals surface area contributed by atoms with Gasteiger partial charge in [-0.1, -0.05) is 12.1 Å². The van der Waals surface area contributed by atoms with Gasteiger partial charge in [0.25, 0.3) is 0 Å². The highest BCUT2D eigenvalue weighted by atomic mass is 19.1. The van der Waals surface area contributed by atoms with E-state index in [0.717, 1.165) is 27.8 Å². The van der Waals surface area contributed by atoms with Crippen LogP contribution in [0.4, 0.5) is 10.1 Å². The van der Waals surface area contributed by atoms with Gasteiger partial charge in [-0.15, -0.1) is 0 Å². The normalized spacial score (nSPS) is 17.6. The first kappa shape index (κ1) is 13.8. The van der Waals surface area contributed by atoms with Crippen molar-refractivity contribution in [2.45, 2.75) is 12.6 Å². The van der Waals surface area contributed by atoms with Gasteiger partial charge in [0.2, 0.25) is 0 Å². The topological polar surface area (TPSA) is 55.7 Å². The van der Waals surface area contributed by atoms with Gasteiger partial charge in [0.15, 0.2) is 0 Å². The van der Waals surface area contributed by atoms with E-state index in [1.807, 2.05) is 30.5 Å². The first-order chi connectivity index (χ1) is 11.3. The Labute approximate surface area is 133 Å². The Morgan fingerprint density at radius 2 is 2.26 bits per heavy atom. The molecule has 1 saturated heterocycles. The summed E-state index contributed by atoms with van der Waals surface area (Å²) in [5, 5.41) is 10.1. The molecule has 4 rings (SSSR count). The molecule has 0 spiro atoms. The van der Waals surface area contributed by atoms with Gasteiger partial charge in [-0.05, 0) is 30.2 Å². The van der Waals surface area contributed by atoms with Gasteiger partial charge >= 0.3 is 0 Å². The molecule has 1 fully saturated rings. The Morgan fingerprint density at radius 3 is 3.04 bits per heavy atom. The standard InChI is InChI=1S/C18H15FN4/c19-14-5-7-23(11-14)16-4-6-21-18-17(16)15(10-22-18)13-3-1-2-12(8-13)9-20/h1-4,6,8,10,14H,5,7,11H2,(H,21,22)/t14-/m0/s1. The summed E-state index contributed by atoms with van der Waals surface area (Å²) < 4.78 is 13.6. The predicted octanol–water partition coefficient (Wildman–Crippen LogP) is 3.65. The number of nitrogens with one attached hydrogen (secondary N) is 1. The number of rotatable bonds is 2. The van der Waals surface area contributed by atoms with Gasteiger partial charge in [0, 0.05) is 36.4 Å². The minimum atomic E-state index is -0.775. The average molecular weight is 306 g/mol. The molecule has 1 aliphatic rings. The number of benzene rings is 1. The molecule has 0 saturated carbocycles. The largest absolute Gasteiger partial charge is 0.368 e. The van der Waals surface area contributed by atoms with Crippen molar-refractivity contribution in [2.24, 2.45) is 0 Å². The van der Waals surface area contributed by atoms with Crippen LogP contribution in [-0.2, 0) is 0 Å². The fraction of sp³-hybridized carbons (Fsp3) is 0.222. The van der Waals surface area contributed by atoms with Crippen LogP contribution >= 0.6 is 0 Å². The minimum absolute atomic E-state index is 0.419. The van der Waals surface area contributed by atoms with Crippen LogP contribution in [0.15, 0.2) is 42.7 Å². The van der Waals surface area contributed by atoms with Gasteiger partial charge in [0.1, 0.15) is 11.8 Å². The maximum absolute atomic E-state index is 13.6. The van der Waals surface area contributed by atoms with Crippen LogP contribution in [0.5, 0.6) is 0 Å². The number of nitrogens with zero attached hydrogens (tertiary/aromatic N) is 3. The monoisotopic (exact) mass is 306 g/mol. The number of nitriles is 1. The third-order valence-electron chi connectivity index (χ3n) is 4.33. The predicted molar refractivity (Wildman–Crippen MR) is 88.0 cm³/mol. The Balaban J connectivity index is 1.89. The van der Waals surface area contributed by atoms with Gasteiger partial charge in [-0.3, -0.25) is 0 Å². The number of fused-ring (bicyclic) bond motifs is 1. The lowest BCUT2D eigenvalue weighted by Crippen LogP contribution is -2.20. The molecular weight excluding hydrogens is 291 g/mol. The van der Waals surface area contributed by atoms with E-state index >= 15 is 0 Å². The van der Waals surface area contributed by atoms with Crippen LogP contribution < -0.4 is 4.90 Å². The van der Waals surface area contributed by atoms with Crippen LogP contribution in [0.2, 0.25) is 0 Å². The number of aromatic nitrogens is 2. The number of hydrogen-bond acceptors (Lipinski definition) is 3. The lowest BCUT2D eigenvalue weighted by atomic mass is 10.0. The molecule has 0 radical (unpaired) electrons. The van der Waals surface area contributed by atoms with E-state index in [-0.39, 0.29) is 0 Å². The number of anilines is 1. The molecular formula is C18H15FN4. The fourth-order valence-electron chi connectivity index (χ4n) is 3.22. The highest BCUT2D eigenvalue weighted by molar-refractivity contribution is 6.02. The van der Waals surface area contributed by atoms with Crippen molar-refractivity contribution in [2.75, 3.05) is 18.0 Å². The molecule has 1 aromatic carbocycles. The summed E-state index contributed by atoms with van der Waals surface area (Å²) in [4.78, 5) is 9.63. The Kier molecular flexibility index (Phi) is 3.23. The summed E-state index contributed by atoms with van der Waals surface area (Å²) in [5.41, 5.74) is 4.34. The maximum Gasteiger partial charge on any atom is 0.139 e. The van der Waals surface area contributed by atoms with Crippen molar-refractivity contribution in [3.8, 4) is 17.2 Å². The molecule has 3 aromatic rings.